The van der Waals surface area contributed by atoms with Crippen LogP contribution in [0.25, 0.3) is 6.08 Å². The van der Waals surface area contributed by atoms with Crippen molar-refractivity contribution in [1.29, 1.82) is 0 Å². The lowest BCUT2D eigenvalue weighted by atomic mass is 10.1. The van der Waals surface area contributed by atoms with Gasteiger partial charge in [-0.2, -0.15) is 5.10 Å². The minimum absolute atomic E-state index is 0.160. The highest BCUT2D eigenvalue weighted by atomic mass is 16.5. The largest absolute Gasteiger partial charge is 0.496 e. The van der Waals surface area contributed by atoms with E-state index in [-0.39, 0.29) is 5.91 Å². The van der Waals surface area contributed by atoms with E-state index in [0.717, 1.165) is 40.4 Å². The quantitative estimate of drug-likeness (QED) is 0.544. The number of ether oxygens (including phenoxy) is 2. The van der Waals surface area contributed by atoms with Gasteiger partial charge in [0.25, 0.3) is 0 Å². The Morgan fingerprint density at radius 2 is 2.00 bits per heavy atom. The summed E-state index contributed by atoms with van der Waals surface area (Å²) >= 11 is 0. The molecule has 30 heavy (non-hydrogen) atoms. The number of benzene rings is 2. The summed E-state index contributed by atoms with van der Waals surface area (Å²) in [4.78, 5) is 12.2. The second-order valence-corrected chi connectivity index (χ2v) is 6.81. The average molecular weight is 405 g/mol. The van der Waals surface area contributed by atoms with Crippen LogP contribution in [0, 0.1) is 6.92 Å². The predicted molar refractivity (Wildman–Crippen MR) is 117 cm³/mol. The van der Waals surface area contributed by atoms with Crippen molar-refractivity contribution in [3.63, 3.8) is 0 Å². The van der Waals surface area contributed by atoms with E-state index in [4.69, 9.17) is 9.47 Å². The molecule has 1 amide bonds. The van der Waals surface area contributed by atoms with Crippen molar-refractivity contribution in [3.8, 4) is 11.5 Å². The fourth-order valence-electron chi connectivity index (χ4n) is 3.09. The van der Waals surface area contributed by atoms with Gasteiger partial charge in [-0.05, 0) is 55.3 Å². The maximum Gasteiger partial charge on any atom is 0.244 e. The molecule has 0 saturated carbocycles. The molecule has 1 heterocycles. The molecule has 1 aromatic heterocycles. The van der Waals surface area contributed by atoms with Crippen molar-refractivity contribution in [3.05, 3.63) is 83.2 Å². The van der Waals surface area contributed by atoms with Gasteiger partial charge in [-0.3, -0.25) is 9.48 Å². The number of amides is 1. The fraction of sp³-hybridized carbons (Fsp3) is 0.250. The van der Waals surface area contributed by atoms with Crippen LogP contribution in [0.15, 0.2) is 60.8 Å². The molecule has 0 spiro atoms. The Balaban J connectivity index is 1.63. The van der Waals surface area contributed by atoms with Crippen molar-refractivity contribution in [2.24, 2.45) is 0 Å². The van der Waals surface area contributed by atoms with Gasteiger partial charge in [-0.15, -0.1) is 0 Å². The van der Waals surface area contributed by atoms with Gasteiger partial charge in [-0.1, -0.05) is 24.3 Å². The van der Waals surface area contributed by atoms with Crippen LogP contribution >= 0.6 is 0 Å². The van der Waals surface area contributed by atoms with Crippen LogP contribution < -0.4 is 14.8 Å². The number of carbonyl (C=O) groups is 1. The molecule has 6 nitrogen and oxygen atoms in total. The number of nitrogens with one attached hydrogen (secondary N) is 1. The van der Waals surface area contributed by atoms with Crippen molar-refractivity contribution in [2.75, 3.05) is 7.11 Å². The summed E-state index contributed by atoms with van der Waals surface area (Å²) in [5, 5.41) is 7.08. The molecule has 0 aliphatic heterocycles. The lowest BCUT2D eigenvalue weighted by molar-refractivity contribution is -0.116. The first-order valence-electron chi connectivity index (χ1n) is 9.92. The molecule has 0 fully saturated rings. The van der Waals surface area contributed by atoms with Crippen LogP contribution in [-0.4, -0.2) is 22.8 Å². The monoisotopic (exact) mass is 405 g/mol. The summed E-state index contributed by atoms with van der Waals surface area (Å²) in [6.45, 7) is 5.62. The number of hydrogen-bond acceptors (Lipinski definition) is 4. The minimum Gasteiger partial charge on any atom is -0.496 e. The first-order chi connectivity index (χ1) is 14.6. The first kappa shape index (κ1) is 21.2. The highest BCUT2D eigenvalue weighted by Gasteiger charge is 2.07. The van der Waals surface area contributed by atoms with Crippen molar-refractivity contribution < 1.29 is 14.3 Å². The summed E-state index contributed by atoms with van der Waals surface area (Å²) in [6, 6.07) is 15.5. The van der Waals surface area contributed by atoms with Gasteiger partial charge in [0.1, 0.15) is 18.1 Å². The Labute approximate surface area is 177 Å². The standard InChI is InChI=1S/C24H27N3O3/c1-4-27-21(13-14-26-27)16-25-24(28)12-10-19-9-11-23(29-3)20(15-19)17-30-22-8-6-5-7-18(22)2/h5-15H,4,16-17H2,1-3H3,(H,25,28)/b12-10+. The zero-order chi connectivity index (χ0) is 21.3. The number of nitrogens with zero attached hydrogens (tertiary/aromatic N) is 2. The zero-order valence-corrected chi connectivity index (χ0v) is 17.6. The number of aromatic nitrogens is 2. The van der Waals surface area contributed by atoms with Crippen LogP contribution in [-0.2, 0) is 24.5 Å². The van der Waals surface area contributed by atoms with Gasteiger partial charge < -0.3 is 14.8 Å². The minimum atomic E-state index is -0.160. The molecule has 3 aromatic rings. The summed E-state index contributed by atoms with van der Waals surface area (Å²) < 4.78 is 13.3. The highest BCUT2D eigenvalue weighted by Crippen LogP contribution is 2.24. The third-order valence-corrected chi connectivity index (χ3v) is 4.76. The molecule has 0 bridgehead atoms. The zero-order valence-electron chi connectivity index (χ0n) is 17.6. The topological polar surface area (TPSA) is 65.4 Å². The molecule has 2 aromatic carbocycles. The smallest absolute Gasteiger partial charge is 0.244 e. The maximum absolute atomic E-state index is 12.2. The first-order valence-corrected chi connectivity index (χ1v) is 9.92. The van der Waals surface area contributed by atoms with E-state index in [1.165, 1.54) is 6.08 Å². The molecule has 0 unspecified atom stereocenters. The number of para-hydroxylation sites is 1. The maximum atomic E-state index is 12.2. The van der Waals surface area contributed by atoms with Gasteiger partial charge in [0.2, 0.25) is 5.91 Å². The van der Waals surface area contributed by atoms with Crippen LogP contribution in [0.3, 0.4) is 0 Å². The van der Waals surface area contributed by atoms with Gasteiger partial charge in [0.15, 0.2) is 0 Å². The van der Waals surface area contributed by atoms with E-state index in [9.17, 15) is 4.79 Å². The van der Waals surface area contributed by atoms with Gasteiger partial charge in [0, 0.05) is 24.4 Å². The molecule has 0 atom stereocenters. The van der Waals surface area contributed by atoms with E-state index in [2.05, 4.69) is 10.4 Å². The van der Waals surface area contributed by atoms with Crippen LogP contribution in [0.5, 0.6) is 11.5 Å². The van der Waals surface area contributed by atoms with Crippen molar-refractivity contribution in [2.45, 2.75) is 33.5 Å². The molecule has 1 N–H and O–H groups in total. The fourth-order valence-corrected chi connectivity index (χ4v) is 3.09. The van der Waals surface area contributed by atoms with E-state index < -0.39 is 0 Å². The third kappa shape index (κ3) is 5.50. The summed E-state index contributed by atoms with van der Waals surface area (Å²) in [5.74, 6) is 1.43. The SMILES string of the molecule is CCn1nccc1CNC(=O)/C=C/c1ccc(OC)c(COc2ccccc2C)c1. The molecule has 0 aliphatic rings. The number of carbonyl (C=O) groups excluding carboxylic acids is 1. The molecule has 3 rings (SSSR count). The molecular weight excluding hydrogens is 378 g/mol. The average Bonchev–Trinajstić information content (AvgIpc) is 3.23. The summed E-state index contributed by atoms with van der Waals surface area (Å²) in [7, 11) is 1.64. The molecule has 6 heteroatoms. The van der Waals surface area contributed by atoms with Gasteiger partial charge >= 0.3 is 0 Å². The molecule has 156 valence electrons. The molecule has 0 saturated heterocycles. The Morgan fingerprint density at radius 3 is 2.77 bits per heavy atom. The lowest BCUT2D eigenvalue weighted by Gasteiger charge is -2.12. The second-order valence-electron chi connectivity index (χ2n) is 6.81. The summed E-state index contributed by atoms with van der Waals surface area (Å²) in [6.07, 6.45) is 5.04. The lowest BCUT2D eigenvalue weighted by Crippen LogP contribution is -2.22. The van der Waals surface area contributed by atoms with Gasteiger partial charge in [0.05, 0.1) is 19.3 Å². The predicted octanol–water partition coefficient (Wildman–Crippen LogP) is 4.13. The van der Waals surface area contributed by atoms with E-state index in [1.54, 1.807) is 19.4 Å². The number of hydrogen-bond donors (Lipinski definition) is 1. The molecule has 0 radical (unpaired) electrons. The normalized spacial score (nSPS) is 10.9. The number of rotatable bonds is 9. The van der Waals surface area contributed by atoms with Crippen molar-refractivity contribution >= 4 is 12.0 Å². The van der Waals surface area contributed by atoms with E-state index >= 15 is 0 Å². The van der Waals surface area contributed by atoms with E-state index in [0.29, 0.717) is 13.2 Å². The Bertz CT molecular complexity index is 1020. The molecule has 0 aliphatic carbocycles. The Kier molecular flexibility index (Phi) is 7.27. The van der Waals surface area contributed by atoms with Crippen molar-refractivity contribution in [1.82, 2.24) is 15.1 Å². The Hall–Kier alpha value is -3.54. The van der Waals surface area contributed by atoms with Gasteiger partial charge in [-0.25, -0.2) is 0 Å². The highest BCUT2D eigenvalue weighted by molar-refractivity contribution is 5.91. The number of methoxy groups -OCH3 is 1. The van der Waals surface area contributed by atoms with E-state index in [1.807, 2.05) is 67.1 Å². The third-order valence-electron chi connectivity index (χ3n) is 4.76. The number of aryl methyl sites for hydroxylation is 2. The summed E-state index contributed by atoms with van der Waals surface area (Å²) in [5.41, 5.74) is 3.86. The van der Waals surface area contributed by atoms with Crippen LogP contribution in [0.1, 0.15) is 29.3 Å². The van der Waals surface area contributed by atoms with Crippen LogP contribution in [0.2, 0.25) is 0 Å². The Morgan fingerprint density at radius 1 is 1.17 bits per heavy atom. The molecular formula is C24H27N3O3. The van der Waals surface area contributed by atoms with Crippen LogP contribution in [0.4, 0.5) is 0 Å². The second kappa shape index (κ2) is 10.3.